The van der Waals surface area contributed by atoms with Crippen LogP contribution in [0.2, 0.25) is 0 Å². The van der Waals surface area contributed by atoms with Crippen molar-refractivity contribution in [2.24, 2.45) is 0 Å². The highest BCUT2D eigenvalue weighted by Crippen LogP contribution is 2.15. The number of rotatable bonds is 3. The smallest absolute Gasteiger partial charge is 0.0404 e. The SMILES string of the molecule is ClCC=CCN1CCc2ccccc2CC1. The van der Waals surface area contributed by atoms with Gasteiger partial charge in [-0.2, -0.15) is 0 Å². The van der Waals surface area contributed by atoms with Gasteiger partial charge in [0.25, 0.3) is 0 Å². The van der Waals surface area contributed by atoms with Gasteiger partial charge in [0, 0.05) is 25.5 Å². The maximum absolute atomic E-state index is 5.62. The zero-order valence-electron chi connectivity index (χ0n) is 9.53. The Balaban J connectivity index is 1.94. The maximum Gasteiger partial charge on any atom is 0.0404 e. The second-order valence-corrected chi connectivity index (χ2v) is 4.50. The lowest BCUT2D eigenvalue weighted by Crippen LogP contribution is -2.26. The fourth-order valence-electron chi connectivity index (χ4n) is 2.18. The summed E-state index contributed by atoms with van der Waals surface area (Å²) in [6.45, 7) is 3.34. The Morgan fingerprint density at radius 1 is 1.06 bits per heavy atom. The van der Waals surface area contributed by atoms with Crippen molar-refractivity contribution in [3.8, 4) is 0 Å². The zero-order valence-corrected chi connectivity index (χ0v) is 10.3. The molecule has 0 atom stereocenters. The van der Waals surface area contributed by atoms with Gasteiger partial charge in [0.2, 0.25) is 0 Å². The van der Waals surface area contributed by atoms with Crippen molar-refractivity contribution in [1.29, 1.82) is 0 Å². The molecule has 1 nitrogen and oxygen atoms in total. The fraction of sp³-hybridized carbons (Fsp3) is 0.429. The van der Waals surface area contributed by atoms with E-state index in [-0.39, 0.29) is 0 Å². The largest absolute Gasteiger partial charge is 0.299 e. The Bertz CT molecular complexity index is 333. The lowest BCUT2D eigenvalue weighted by molar-refractivity contribution is 0.318. The summed E-state index contributed by atoms with van der Waals surface area (Å²) in [4.78, 5) is 2.49. The van der Waals surface area contributed by atoms with E-state index in [2.05, 4.69) is 35.2 Å². The van der Waals surface area contributed by atoms with E-state index in [0.29, 0.717) is 5.88 Å². The molecule has 0 spiro atoms. The number of nitrogens with zero attached hydrogens (tertiary/aromatic N) is 1. The minimum Gasteiger partial charge on any atom is -0.299 e. The Labute approximate surface area is 103 Å². The lowest BCUT2D eigenvalue weighted by Gasteiger charge is -2.17. The molecule has 1 aliphatic heterocycles. The fourth-order valence-corrected chi connectivity index (χ4v) is 2.31. The van der Waals surface area contributed by atoms with Gasteiger partial charge in [-0.3, -0.25) is 4.90 Å². The van der Waals surface area contributed by atoms with Gasteiger partial charge in [0.1, 0.15) is 0 Å². The standard InChI is InChI=1S/C14H18ClN/c15-9-3-4-10-16-11-7-13-5-1-2-6-14(13)8-12-16/h1-6H,7-12H2. The molecule has 0 saturated carbocycles. The van der Waals surface area contributed by atoms with E-state index in [1.165, 1.54) is 24.0 Å². The zero-order chi connectivity index (χ0) is 11.2. The summed E-state index contributed by atoms with van der Waals surface area (Å²) in [5, 5.41) is 0. The van der Waals surface area contributed by atoms with Crippen LogP contribution in [-0.2, 0) is 12.8 Å². The first-order valence-corrected chi connectivity index (χ1v) is 6.43. The van der Waals surface area contributed by atoms with Crippen LogP contribution < -0.4 is 0 Å². The van der Waals surface area contributed by atoms with Crippen LogP contribution in [0.4, 0.5) is 0 Å². The molecule has 0 radical (unpaired) electrons. The summed E-state index contributed by atoms with van der Waals surface area (Å²) in [7, 11) is 0. The van der Waals surface area contributed by atoms with Crippen LogP contribution in [0.1, 0.15) is 11.1 Å². The van der Waals surface area contributed by atoms with Gasteiger partial charge in [-0.05, 0) is 24.0 Å². The summed E-state index contributed by atoms with van der Waals surface area (Å²) < 4.78 is 0. The molecule has 0 aromatic heterocycles. The number of benzene rings is 1. The number of hydrogen-bond acceptors (Lipinski definition) is 1. The van der Waals surface area contributed by atoms with E-state index < -0.39 is 0 Å². The van der Waals surface area contributed by atoms with Crippen LogP contribution in [0.25, 0.3) is 0 Å². The average molecular weight is 236 g/mol. The molecule has 1 aromatic carbocycles. The Morgan fingerprint density at radius 3 is 2.25 bits per heavy atom. The number of alkyl halides is 1. The topological polar surface area (TPSA) is 3.24 Å². The number of halogens is 1. The van der Waals surface area contributed by atoms with Gasteiger partial charge in [-0.25, -0.2) is 0 Å². The van der Waals surface area contributed by atoms with E-state index in [1.807, 2.05) is 6.08 Å². The molecule has 2 heteroatoms. The summed E-state index contributed by atoms with van der Waals surface area (Å²) in [5.41, 5.74) is 3.04. The third-order valence-corrected chi connectivity index (χ3v) is 3.31. The molecule has 0 bridgehead atoms. The second-order valence-electron chi connectivity index (χ2n) is 4.20. The number of hydrogen-bond donors (Lipinski definition) is 0. The summed E-state index contributed by atoms with van der Waals surface area (Å²) in [5.74, 6) is 0.619. The Hall–Kier alpha value is -0.790. The molecule has 16 heavy (non-hydrogen) atoms. The first kappa shape index (κ1) is 11.7. The van der Waals surface area contributed by atoms with Crippen molar-refractivity contribution in [3.05, 3.63) is 47.5 Å². The number of fused-ring (bicyclic) bond motifs is 1. The van der Waals surface area contributed by atoms with Crippen LogP contribution in [-0.4, -0.2) is 30.4 Å². The van der Waals surface area contributed by atoms with E-state index in [9.17, 15) is 0 Å². The number of allylic oxidation sites excluding steroid dienone is 1. The summed E-state index contributed by atoms with van der Waals surface area (Å²) in [6, 6.07) is 8.80. The molecule has 1 heterocycles. The first-order valence-electron chi connectivity index (χ1n) is 5.90. The minimum atomic E-state index is 0.619. The maximum atomic E-state index is 5.62. The second kappa shape index (κ2) is 6.07. The predicted octanol–water partition coefficient (Wildman–Crippen LogP) is 2.88. The highest BCUT2D eigenvalue weighted by atomic mass is 35.5. The average Bonchev–Trinajstić information content (AvgIpc) is 2.53. The van der Waals surface area contributed by atoms with Crippen molar-refractivity contribution in [1.82, 2.24) is 4.90 Å². The molecule has 0 unspecified atom stereocenters. The van der Waals surface area contributed by atoms with Crippen LogP contribution in [0, 0.1) is 0 Å². The molecule has 0 saturated heterocycles. The van der Waals surface area contributed by atoms with Crippen molar-refractivity contribution < 1.29 is 0 Å². The highest BCUT2D eigenvalue weighted by molar-refractivity contribution is 6.18. The molecule has 0 N–H and O–H groups in total. The van der Waals surface area contributed by atoms with Crippen molar-refractivity contribution in [2.75, 3.05) is 25.5 Å². The normalized spacial score (nSPS) is 17.3. The third-order valence-electron chi connectivity index (χ3n) is 3.13. The summed E-state index contributed by atoms with van der Waals surface area (Å²) in [6.07, 6.45) is 6.54. The van der Waals surface area contributed by atoms with Gasteiger partial charge in [-0.1, -0.05) is 36.4 Å². The van der Waals surface area contributed by atoms with E-state index in [1.54, 1.807) is 0 Å². The molecule has 0 amide bonds. The molecule has 86 valence electrons. The van der Waals surface area contributed by atoms with E-state index in [4.69, 9.17) is 11.6 Å². The van der Waals surface area contributed by atoms with Gasteiger partial charge in [0.05, 0.1) is 0 Å². The predicted molar refractivity (Wildman–Crippen MR) is 70.2 cm³/mol. The van der Waals surface area contributed by atoms with Gasteiger partial charge in [0.15, 0.2) is 0 Å². The molecule has 2 rings (SSSR count). The molecule has 1 aromatic rings. The minimum absolute atomic E-state index is 0.619. The van der Waals surface area contributed by atoms with Gasteiger partial charge >= 0.3 is 0 Å². The van der Waals surface area contributed by atoms with Gasteiger partial charge < -0.3 is 0 Å². The van der Waals surface area contributed by atoms with Crippen LogP contribution >= 0.6 is 11.6 Å². The Morgan fingerprint density at radius 2 is 1.69 bits per heavy atom. The molecule has 1 aliphatic rings. The quantitative estimate of drug-likeness (QED) is 0.575. The first-order chi connectivity index (χ1) is 7.90. The molecule has 0 aliphatic carbocycles. The Kier molecular flexibility index (Phi) is 4.44. The molecular formula is C14H18ClN. The van der Waals surface area contributed by atoms with Crippen LogP contribution in [0.5, 0.6) is 0 Å². The third kappa shape index (κ3) is 3.10. The van der Waals surface area contributed by atoms with E-state index in [0.717, 1.165) is 19.6 Å². The van der Waals surface area contributed by atoms with E-state index >= 15 is 0 Å². The highest BCUT2D eigenvalue weighted by Gasteiger charge is 2.11. The monoisotopic (exact) mass is 235 g/mol. The molecule has 0 fully saturated rings. The van der Waals surface area contributed by atoms with Crippen molar-refractivity contribution in [3.63, 3.8) is 0 Å². The van der Waals surface area contributed by atoms with Crippen molar-refractivity contribution in [2.45, 2.75) is 12.8 Å². The van der Waals surface area contributed by atoms with Crippen LogP contribution in [0.15, 0.2) is 36.4 Å². The van der Waals surface area contributed by atoms with Crippen molar-refractivity contribution >= 4 is 11.6 Å². The van der Waals surface area contributed by atoms with Crippen LogP contribution in [0.3, 0.4) is 0 Å². The lowest BCUT2D eigenvalue weighted by atomic mass is 10.0. The van der Waals surface area contributed by atoms with Gasteiger partial charge in [-0.15, -0.1) is 11.6 Å². The molecular weight excluding hydrogens is 218 g/mol. The summed E-state index contributed by atoms with van der Waals surface area (Å²) >= 11 is 5.62.